The Morgan fingerprint density at radius 3 is 2.09 bits per heavy atom. The van der Waals surface area contributed by atoms with E-state index in [-0.39, 0.29) is 29.6 Å². The fraction of sp³-hybridized carbons (Fsp3) is 0.176. The maximum absolute atomic E-state index is 13.5. The number of benzene rings is 4. The summed E-state index contributed by atoms with van der Waals surface area (Å²) in [4.78, 5) is 52.1. The van der Waals surface area contributed by atoms with E-state index in [0.29, 0.717) is 11.3 Å². The summed E-state index contributed by atoms with van der Waals surface area (Å²) in [6.45, 7) is 0.0245. The van der Waals surface area contributed by atoms with Crippen LogP contribution in [0.2, 0.25) is 0 Å². The molecule has 0 heterocycles. The number of amides is 2. The number of hydrogen-bond acceptors (Lipinski definition) is 7. The number of ketones is 1. The van der Waals surface area contributed by atoms with Gasteiger partial charge < -0.3 is 24.8 Å². The van der Waals surface area contributed by atoms with Crippen LogP contribution >= 0.6 is 15.9 Å². The molecular weight excluding hydrogens is 628 g/mol. The van der Waals surface area contributed by atoms with E-state index in [1.165, 1.54) is 26.4 Å². The molecule has 0 saturated carbocycles. The number of anilines is 1. The number of rotatable bonds is 10. The minimum absolute atomic E-state index is 0.0245. The zero-order chi connectivity index (χ0) is 31.2. The van der Waals surface area contributed by atoms with E-state index in [4.69, 9.17) is 14.2 Å². The van der Waals surface area contributed by atoms with Crippen LogP contribution in [0.5, 0.6) is 5.75 Å². The molecule has 1 aliphatic carbocycles. The first-order valence-electron chi connectivity index (χ1n) is 13.8. The van der Waals surface area contributed by atoms with Gasteiger partial charge in [0, 0.05) is 21.5 Å². The Balaban J connectivity index is 1.32. The summed E-state index contributed by atoms with van der Waals surface area (Å²) in [7, 11) is 2.65. The molecular formula is C34H29BrN2O7. The summed E-state index contributed by atoms with van der Waals surface area (Å²) in [5.41, 5.74) is 4.95. The molecule has 1 atom stereocenters. The molecule has 9 nitrogen and oxygen atoms in total. The van der Waals surface area contributed by atoms with Crippen molar-refractivity contribution in [3.63, 3.8) is 0 Å². The van der Waals surface area contributed by atoms with Crippen molar-refractivity contribution in [2.75, 3.05) is 26.1 Å². The lowest BCUT2D eigenvalue weighted by atomic mass is 9.98. The van der Waals surface area contributed by atoms with Gasteiger partial charge in [0.15, 0.2) is 5.78 Å². The highest BCUT2D eigenvalue weighted by Gasteiger charge is 2.31. The molecule has 0 radical (unpaired) electrons. The van der Waals surface area contributed by atoms with Gasteiger partial charge in [0.1, 0.15) is 18.4 Å². The zero-order valence-electron chi connectivity index (χ0n) is 24.0. The Labute approximate surface area is 262 Å². The lowest BCUT2D eigenvalue weighted by molar-refractivity contribution is -0.142. The fourth-order valence-corrected chi connectivity index (χ4v) is 5.43. The second-order valence-electron chi connectivity index (χ2n) is 10.0. The first-order chi connectivity index (χ1) is 21.3. The standard InChI is InChI=1S/C34H29BrN2O7/c1-42-22-15-16-29(27(17-22)32(39)20-11-13-21(35)14-12-20)36-33(40)30(18-31(38)43-2)37-34(41)44-19-28-25-9-5-3-7-23(25)24-8-4-6-10-26(24)28/h3-17,28,30H,18-19H2,1-2H3,(H,36,40)(H,37,41)/t30-/m0/s1. The van der Waals surface area contributed by atoms with Gasteiger partial charge in [-0.3, -0.25) is 14.4 Å². The maximum atomic E-state index is 13.5. The van der Waals surface area contributed by atoms with E-state index < -0.39 is 30.4 Å². The number of nitrogens with one attached hydrogen (secondary N) is 2. The van der Waals surface area contributed by atoms with Crippen molar-refractivity contribution in [3.8, 4) is 16.9 Å². The number of ether oxygens (including phenoxy) is 3. The van der Waals surface area contributed by atoms with Crippen LogP contribution in [0.4, 0.5) is 10.5 Å². The first kappa shape index (κ1) is 30.5. The van der Waals surface area contributed by atoms with Crippen molar-refractivity contribution in [1.29, 1.82) is 0 Å². The minimum atomic E-state index is -1.35. The number of halogens is 1. The Morgan fingerprint density at radius 2 is 1.48 bits per heavy atom. The van der Waals surface area contributed by atoms with Crippen LogP contribution in [0.15, 0.2) is 95.5 Å². The molecule has 0 unspecified atom stereocenters. The summed E-state index contributed by atoms with van der Waals surface area (Å²) in [5.74, 6) is -1.59. The van der Waals surface area contributed by atoms with E-state index in [1.54, 1.807) is 30.3 Å². The molecule has 224 valence electrons. The van der Waals surface area contributed by atoms with Gasteiger partial charge in [0.25, 0.3) is 0 Å². The molecule has 0 saturated heterocycles. The molecule has 0 spiro atoms. The fourth-order valence-electron chi connectivity index (χ4n) is 5.17. The summed E-state index contributed by atoms with van der Waals surface area (Å²) in [5, 5.41) is 5.17. The molecule has 1 aliphatic rings. The highest BCUT2D eigenvalue weighted by Crippen LogP contribution is 2.44. The largest absolute Gasteiger partial charge is 0.497 e. The van der Waals surface area contributed by atoms with Gasteiger partial charge in [-0.25, -0.2) is 4.79 Å². The molecule has 2 N–H and O–H groups in total. The Morgan fingerprint density at radius 1 is 0.841 bits per heavy atom. The molecule has 0 bridgehead atoms. The van der Waals surface area contributed by atoms with E-state index >= 15 is 0 Å². The monoisotopic (exact) mass is 656 g/mol. The van der Waals surface area contributed by atoms with Crippen LogP contribution in [-0.2, 0) is 19.1 Å². The smallest absolute Gasteiger partial charge is 0.407 e. The van der Waals surface area contributed by atoms with Crippen LogP contribution in [0, 0.1) is 0 Å². The van der Waals surface area contributed by atoms with Crippen molar-refractivity contribution >= 4 is 45.4 Å². The predicted molar refractivity (Wildman–Crippen MR) is 168 cm³/mol. The number of carbonyl (C=O) groups is 4. The molecule has 4 aromatic carbocycles. The molecule has 0 fully saturated rings. The Hall–Kier alpha value is -4.96. The molecule has 4 aromatic rings. The van der Waals surface area contributed by atoms with Crippen molar-refractivity contribution in [1.82, 2.24) is 5.32 Å². The molecule has 5 rings (SSSR count). The molecule has 0 aromatic heterocycles. The normalized spacial score (nSPS) is 12.3. The van der Waals surface area contributed by atoms with Crippen LogP contribution < -0.4 is 15.4 Å². The average molecular weight is 658 g/mol. The van der Waals surface area contributed by atoms with E-state index in [0.717, 1.165) is 26.7 Å². The summed E-state index contributed by atoms with van der Waals surface area (Å²) in [6.07, 6.45) is -1.34. The van der Waals surface area contributed by atoms with E-state index in [9.17, 15) is 19.2 Å². The van der Waals surface area contributed by atoms with Crippen molar-refractivity contribution in [2.24, 2.45) is 0 Å². The van der Waals surface area contributed by atoms with E-state index in [2.05, 4.69) is 26.6 Å². The molecule has 44 heavy (non-hydrogen) atoms. The molecule has 10 heteroatoms. The van der Waals surface area contributed by atoms with Gasteiger partial charge in [-0.1, -0.05) is 64.5 Å². The third-order valence-electron chi connectivity index (χ3n) is 7.39. The third kappa shape index (κ3) is 6.65. The van der Waals surface area contributed by atoms with Crippen LogP contribution in [-0.4, -0.2) is 50.6 Å². The third-order valence-corrected chi connectivity index (χ3v) is 7.92. The van der Waals surface area contributed by atoms with Gasteiger partial charge in [0.2, 0.25) is 5.91 Å². The highest BCUT2D eigenvalue weighted by molar-refractivity contribution is 9.10. The average Bonchev–Trinajstić information content (AvgIpc) is 3.37. The van der Waals surface area contributed by atoms with E-state index in [1.807, 2.05) is 48.5 Å². The number of carbonyl (C=O) groups excluding carboxylic acids is 4. The van der Waals surface area contributed by atoms with Gasteiger partial charge >= 0.3 is 12.1 Å². The van der Waals surface area contributed by atoms with Gasteiger partial charge in [0.05, 0.1) is 26.3 Å². The van der Waals surface area contributed by atoms with Crippen molar-refractivity contribution in [2.45, 2.75) is 18.4 Å². The van der Waals surface area contributed by atoms with Crippen LogP contribution in [0.3, 0.4) is 0 Å². The van der Waals surface area contributed by atoms with Crippen LogP contribution in [0.25, 0.3) is 11.1 Å². The predicted octanol–water partition coefficient (Wildman–Crippen LogP) is 6.10. The topological polar surface area (TPSA) is 120 Å². The molecule has 2 amide bonds. The Bertz CT molecular complexity index is 1680. The van der Waals surface area contributed by atoms with Crippen LogP contribution in [0.1, 0.15) is 39.4 Å². The number of hydrogen-bond donors (Lipinski definition) is 2. The quantitative estimate of drug-likeness (QED) is 0.156. The summed E-state index contributed by atoms with van der Waals surface area (Å²) < 4.78 is 16.4. The lowest BCUT2D eigenvalue weighted by Crippen LogP contribution is -2.45. The molecule has 0 aliphatic heterocycles. The number of fused-ring (bicyclic) bond motifs is 3. The second-order valence-corrected chi connectivity index (χ2v) is 11.0. The van der Waals surface area contributed by atoms with Gasteiger partial charge in [-0.15, -0.1) is 0 Å². The maximum Gasteiger partial charge on any atom is 0.407 e. The summed E-state index contributed by atoms with van der Waals surface area (Å²) >= 11 is 3.36. The van der Waals surface area contributed by atoms with Crippen molar-refractivity contribution < 1.29 is 33.4 Å². The minimum Gasteiger partial charge on any atom is -0.497 e. The second kappa shape index (κ2) is 13.6. The van der Waals surface area contributed by atoms with Crippen molar-refractivity contribution in [3.05, 3.63) is 118 Å². The lowest BCUT2D eigenvalue weighted by Gasteiger charge is -2.20. The number of alkyl carbamates (subject to hydrolysis) is 1. The SMILES string of the molecule is COC(=O)C[C@H](NC(=O)OCC1c2ccccc2-c2ccccc21)C(=O)Nc1ccc(OC)cc1C(=O)c1ccc(Br)cc1. The van der Waals surface area contributed by atoms with Gasteiger partial charge in [-0.05, 0) is 64.7 Å². The number of esters is 1. The summed E-state index contributed by atoms with van der Waals surface area (Å²) in [6, 6.07) is 25.9. The highest BCUT2D eigenvalue weighted by atomic mass is 79.9. The van der Waals surface area contributed by atoms with Gasteiger partial charge in [-0.2, -0.15) is 0 Å². The number of methoxy groups -OCH3 is 2. The Kier molecular flexibility index (Phi) is 9.40. The first-order valence-corrected chi connectivity index (χ1v) is 14.6. The zero-order valence-corrected chi connectivity index (χ0v) is 25.6.